The summed E-state index contributed by atoms with van der Waals surface area (Å²) in [6.07, 6.45) is 2.90. The van der Waals surface area contributed by atoms with Gasteiger partial charge in [0.25, 0.3) is 15.9 Å². The second kappa shape index (κ2) is 6.96. The minimum Gasteiger partial charge on any atom is -0.482 e. The highest BCUT2D eigenvalue weighted by molar-refractivity contribution is 7.90. The van der Waals surface area contributed by atoms with Crippen molar-refractivity contribution in [3.8, 4) is 5.75 Å². The van der Waals surface area contributed by atoms with Crippen LogP contribution in [0.3, 0.4) is 0 Å². The number of carbonyl (C=O) groups excluding carboxylic acids is 1. The van der Waals surface area contributed by atoms with Gasteiger partial charge in [-0.2, -0.15) is 17.6 Å². The number of hydrogen-bond donors (Lipinski definition) is 1. The van der Waals surface area contributed by atoms with Crippen LogP contribution in [0.1, 0.15) is 12.1 Å². The Labute approximate surface area is 173 Å². The van der Waals surface area contributed by atoms with Gasteiger partial charge in [-0.25, -0.2) is 0 Å². The predicted molar refractivity (Wildman–Crippen MR) is 113 cm³/mol. The summed E-state index contributed by atoms with van der Waals surface area (Å²) in [5, 5.41) is 7.98. The molecule has 3 heterocycles. The first-order chi connectivity index (χ1) is 14.4. The van der Waals surface area contributed by atoms with Crippen LogP contribution in [0, 0.1) is 0 Å². The standard InChI is InChI=1S/C21H20N4O4S/c1-24-10-8-14(9-11-24)21-16-4-2-3-5-18(16)25(23-21)30(27,28)15-6-7-19-17(12-15)22-20(26)13-29-19/h2-8,12H,9-11,13H2,1H3,(H,22,26). The Balaban J connectivity index is 1.64. The van der Waals surface area contributed by atoms with Gasteiger partial charge in [0, 0.05) is 18.5 Å². The fraction of sp³-hybridized carbons (Fsp3) is 0.238. The van der Waals surface area contributed by atoms with Crippen molar-refractivity contribution in [2.45, 2.75) is 11.3 Å². The molecule has 1 amide bonds. The number of ether oxygens (including phenoxy) is 1. The van der Waals surface area contributed by atoms with Gasteiger partial charge in [-0.3, -0.25) is 4.79 Å². The van der Waals surface area contributed by atoms with E-state index in [0.717, 1.165) is 34.6 Å². The number of anilines is 1. The second-order valence-corrected chi connectivity index (χ2v) is 9.22. The van der Waals surface area contributed by atoms with Crippen LogP contribution >= 0.6 is 0 Å². The van der Waals surface area contributed by atoms with Gasteiger partial charge in [0.1, 0.15) is 5.75 Å². The molecule has 0 aliphatic carbocycles. The van der Waals surface area contributed by atoms with Gasteiger partial charge in [0.15, 0.2) is 6.61 Å². The van der Waals surface area contributed by atoms with E-state index in [9.17, 15) is 13.2 Å². The van der Waals surface area contributed by atoms with Crippen LogP contribution in [0.5, 0.6) is 5.75 Å². The number of benzene rings is 2. The van der Waals surface area contributed by atoms with Crippen LogP contribution in [0.15, 0.2) is 53.4 Å². The third-order valence-corrected chi connectivity index (χ3v) is 6.97. The maximum absolute atomic E-state index is 13.5. The lowest BCUT2D eigenvalue weighted by molar-refractivity contribution is -0.118. The van der Waals surface area contributed by atoms with Crippen LogP contribution in [0.2, 0.25) is 0 Å². The van der Waals surface area contributed by atoms with E-state index in [1.807, 2.05) is 19.2 Å². The summed E-state index contributed by atoms with van der Waals surface area (Å²) in [6.45, 7) is 1.61. The normalized spacial score (nSPS) is 17.2. The Morgan fingerprint density at radius 1 is 1.17 bits per heavy atom. The Morgan fingerprint density at radius 3 is 2.80 bits per heavy atom. The predicted octanol–water partition coefficient (Wildman–Crippen LogP) is 2.32. The molecule has 0 saturated carbocycles. The highest BCUT2D eigenvalue weighted by Crippen LogP contribution is 2.33. The molecule has 0 atom stereocenters. The van der Waals surface area contributed by atoms with Crippen molar-refractivity contribution in [2.75, 3.05) is 32.1 Å². The van der Waals surface area contributed by atoms with Crippen molar-refractivity contribution in [3.05, 3.63) is 54.2 Å². The first kappa shape index (κ1) is 18.8. The van der Waals surface area contributed by atoms with Crippen molar-refractivity contribution in [2.24, 2.45) is 0 Å². The monoisotopic (exact) mass is 424 g/mol. The summed E-state index contributed by atoms with van der Waals surface area (Å²) < 4.78 is 33.4. The first-order valence-electron chi connectivity index (χ1n) is 9.61. The number of para-hydroxylation sites is 1. The summed E-state index contributed by atoms with van der Waals surface area (Å²) in [6, 6.07) is 11.7. The molecule has 2 aliphatic rings. The van der Waals surface area contributed by atoms with Gasteiger partial charge in [0.2, 0.25) is 0 Å². The molecule has 1 aromatic heterocycles. The lowest BCUT2D eigenvalue weighted by Crippen LogP contribution is -2.25. The lowest BCUT2D eigenvalue weighted by Gasteiger charge is -2.21. The van der Waals surface area contributed by atoms with Gasteiger partial charge in [-0.1, -0.05) is 24.3 Å². The molecule has 0 saturated heterocycles. The van der Waals surface area contributed by atoms with Gasteiger partial charge in [-0.15, -0.1) is 0 Å². The molecule has 0 spiro atoms. The van der Waals surface area contributed by atoms with Crippen LogP contribution in [-0.2, 0) is 14.8 Å². The molecule has 0 radical (unpaired) electrons. The molecular weight excluding hydrogens is 404 g/mol. The zero-order valence-electron chi connectivity index (χ0n) is 16.3. The number of carbonyl (C=O) groups is 1. The number of nitrogens with one attached hydrogen (secondary N) is 1. The minimum atomic E-state index is -3.98. The molecule has 30 heavy (non-hydrogen) atoms. The number of amides is 1. The smallest absolute Gasteiger partial charge is 0.283 e. The molecule has 5 rings (SSSR count). The maximum atomic E-state index is 13.5. The highest BCUT2D eigenvalue weighted by atomic mass is 32.2. The topological polar surface area (TPSA) is 93.5 Å². The largest absolute Gasteiger partial charge is 0.482 e. The molecule has 2 aromatic carbocycles. The molecule has 0 fully saturated rings. The molecule has 0 unspecified atom stereocenters. The number of aromatic nitrogens is 2. The third kappa shape index (κ3) is 3.06. The van der Waals surface area contributed by atoms with Crippen molar-refractivity contribution in [3.63, 3.8) is 0 Å². The Morgan fingerprint density at radius 2 is 2.00 bits per heavy atom. The van der Waals surface area contributed by atoms with Gasteiger partial charge < -0.3 is 15.0 Å². The van der Waals surface area contributed by atoms with E-state index in [1.54, 1.807) is 18.2 Å². The van der Waals surface area contributed by atoms with Gasteiger partial charge in [-0.05, 0) is 43.3 Å². The van der Waals surface area contributed by atoms with E-state index < -0.39 is 10.0 Å². The average molecular weight is 424 g/mol. The summed E-state index contributed by atoms with van der Waals surface area (Å²) in [5.41, 5.74) is 2.59. The van der Waals surface area contributed by atoms with Gasteiger partial charge >= 0.3 is 0 Å². The summed E-state index contributed by atoms with van der Waals surface area (Å²) in [7, 11) is -1.94. The number of hydrogen-bond acceptors (Lipinski definition) is 6. The van der Waals surface area contributed by atoms with Crippen molar-refractivity contribution < 1.29 is 17.9 Å². The molecule has 0 bridgehead atoms. The molecule has 3 aromatic rings. The Bertz CT molecular complexity index is 1310. The van der Waals surface area contributed by atoms with Crippen LogP contribution < -0.4 is 10.1 Å². The fourth-order valence-corrected chi connectivity index (χ4v) is 5.08. The van der Waals surface area contributed by atoms with Crippen molar-refractivity contribution in [1.82, 2.24) is 14.1 Å². The highest BCUT2D eigenvalue weighted by Gasteiger charge is 2.27. The Hall–Kier alpha value is -3.17. The molecule has 9 heteroatoms. The van der Waals surface area contributed by atoms with Gasteiger partial charge in [0.05, 0.1) is 21.8 Å². The average Bonchev–Trinajstić information content (AvgIpc) is 3.14. The van der Waals surface area contributed by atoms with E-state index in [0.29, 0.717) is 22.6 Å². The maximum Gasteiger partial charge on any atom is 0.283 e. The minimum absolute atomic E-state index is 0.0317. The van der Waals surface area contributed by atoms with Crippen molar-refractivity contribution in [1.29, 1.82) is 0 Å². The van der Waals surface area contributed by atoms with Crippen LogP contribution in [0.25, 0.3) is 16.5 Å². The number of nitrogens with zero attached hydrogens (tertiary/aromatic N) is 3. The number of likely N-dealkylation sites (N-methyl/N-ethyl adjacent to an activating group) is 1. The quantitative estimate of drug-likeness (QED) is 0.694. The first-order valence-corrected chi connectivity index (χ1v) is 11.1. The third-order valence-electron chi connectivity index (χ3n) is 5.38. The van der Waals surface area contributed by atoms with Crippen LogP contribution in [0.4, 0.5) is 5.69 Å². The van der Waals surface area contributed by atoms with E-state index >= 15 is 0 Å². The lowest BCUT2D eigenvalue weighted by atomic mass is 10.0. The Kier molecular flexibility index (Phi) is 4.37. The van der Waals surface area contributed by atoms with E-state index in [4.69, 9.17) is 4.74 Å². The summed E-state index contributed by atoms with van der Waals surface area (Å²) in [5.74, 6) is 0.120. The van der Waals surface area contributed by atoms with E-state index in [1.165, 1.54) is 12.1 Å². The van der Waals surface area contributed by atoms with Crippen LogP contribution in [-0.4, -0.2) is 55.2 Å². The van der Waals surface area contributed by atoms with E-state index in [-0.39, 0.29) is 17.4 Å². The molecule has 2 aliphatic heterocycles. The fourth-order valence-electron chi connectivity index (χ4n) is 3.77. The zero-order chi connectivity index (χ0) is 20.9. The summed E-state index contributed by atoms with van der Waals surface area (Å²) in [4.78, 5) is 13.8. The molecule has 154 valence electrons. The molecule has 8 nitrogen and oxygen atoms in total. The SMILES string of the molecule is CN1CC=C(c2nn(S(=O)(=O)c3ccc4c(c3)NC(=O)CO4)c3ccccc23)CC1. The van der Waals surface area contributed by atoms with E-state index in [2.05, 4.69) is 21.4 Å². The molecular formula is C21H20N4O4S. The summed E-state index contributed by atoms with van der Waals surface area (Å²) >= 11 is 0. The van der Waals surface area contributed by atoms with Crippen molar-refractivity contribution >= 4 is 38.1 Å². The number of rotatable bonds is 3. The number of fused-ring (bicyclic) bond motifs is 2. The second-order valence-electron chi connectivity index (χ2n) is 7.45. The zero-order valence-corrected chi connectivity index (χ0v) is 17.1. The molecule has 1 N–H and O–H groups in total.